The summed E-state index contributed by atoms with van der Waals surface area (Å²) in [5.41, 5.74) is 23.1. The lowest BCUT2D eigenvalue weighted by molar-refractivity contribution is 0.332. The van der Waals surface area contributed by atoms with Crippen molar-refractivity contribution >= 4 is 101 Å². The van der Waals surface area contributed by atoms with Gasteiger partial charge in [0.2, 0.25) is 0 Å². The minimum atomic E-state index is -0.361. The van der Waals surface area contributed by atoms with Crippen molar-refractivity contribution in [1.29, 1.82) is 0 Å². The molecule has 0 unspecified atom stereocenters. The number of para-hydroxylation sites is 1. The fourth-order valence-electron chi connectivity index (χ4n) is 14.5. The number of nitrogens with zero attached hydrogens (tertiary/aromatic N) is 2. The van der Waals surface area contributed by atoms with Crippen LogP contribution >= 0.6 is 0 Å². The van der Waals surface area contributed by atoms with Gasteiger partial charge >= 0.3 is 6.85 Å². The van der Waals surface area contributed by atoms with E-state index in [1.54, 1.807) is 0 Å². The van der Waals surface area contributed by atoms with Crippen LogP contribution in [-0.4, -0.2) is 6.85 Å². The number of benzene rings is 10. The van der Waals surface area contributed by atoms with Crippen LogP contribution in [0.3, 0.4) is 0 Å². The maximum Gasteiger partial charge on any atom is 0.333 e. The number of anilines is 5. The number of hydrogen-bond donors (Lipinski definition) is 0. The van der Waals surface area contributed by atoms with Crippen molar-refractivity contribution in [2.45, 2.75) is 104 Å². The molecule has 16 rings (SSSR count). The van der Waals surface area contributed by atoms with Gasteiger partial charge in [-0.05, 0) is 134 Å². The predicted octanol–water partition coefficient (Wildman–Crippen LogP) is 20.9. The van der Waals surface area contributed by atoms with E-state index >= 15 is 0 Å². The number of rotatable bonds is 5. The minimum Gasteiger partial charge on any atom is -0.456 e. The molecule has 3 aliphatic rings. The summed E-state index contributed by atoms with van der Waals surface area (Å²) in [6.07, 6.45) is 2.25. The van der Waals surface area contributed by atoms with Gasteiger partial charge < -0.3 is 23.0 Å². The van der Waals surface area contributed by atoms with Gasteiger partial charge in [-0.15, -0.1) is 0 Å². The fourth-order valence-corrected chi connectivity index (χ4v) is 14.5. The first-order chi connectivity index (χ1) is 40.4. The lowest BCUT2D eigenvalue weighted by Gasteiger charge is -2.46. The molecule has 2 aliphatic heterocycles. The van der Waals surface area contributed by atoms with E-state index in [1.165, 1.54) is 27.7 Å². The summed E-state index contributed by atoms with van der Waals surface area (Å²) in [6, 6.07) is 74.4. The average molecular weight is 1090 g/mol. The van der Waals surface area contributed by atoms with Crippen LogP contribution in [0.5, 0.6) is 0 Å². The highest BCUT2D eigenvalue weighted by Crippen LogP contribution is 2.56. The number of hydrogen-bond acceptors (Lipinski definition) is 5. The molecule has 0 N–H and O–H groups in total. The van der Waals surface area contributed by atoms with Crippen LogP contribution in [0.4, 0.5) is 28.4 Å². The van der Waals surface area contributed by atoms with Crippen molar-refractivity contribution in [2.75, 3.05) is 9.71 Å². The quantitative estimate of drug-likeness (QED) is 0.161. The topological polar surface area (TPSA) is 45.9 Å². The van der Waals surface area contributed by atoms with Crippen LogP contribution in [0.2, 0.25) is 0 Å². The van der Waals surface area contributed by atoms with Crippen molar-refractivity contribution < 1.29 is 13.3 Å². The molecule has 10 aromatic carbocycles. The van der Waals surface area contributed by atoms with Crippen molar-refractivity contribution in [2.24, 2.45) is 0 Å². The van der Waals surface area contributed by atoms with Crippen LogP contribution < -0.4 is 20.6 Å². The van der Waals surface area contributed by atoms with Crippen LogP contribution in [0.1, 0.15) is 104 Å². The van der Waals surface area contributed by atoms with Crippen LogP contribution in [-0.2, 0) is 21.7 Å². The van der Waals surface area contributed by atoms with Gasteiger partial charge in [-0.3, -0.25) is 0 Å². The molecule has 84 heavy (non-hydrogen) atoms. The Morgan fingerprint density at radius 1 is 0.405 bits per heavy atom. The Hall–Kier alpha value is -9.00. The third-order valence-corrected chi connectivity index (χ3v) is 19.2. The summed E-state index contributed by atoms with van der Waals surface area (Å²) in [5, 5.41) is 6.50. The SMILES string of the molecule is CC(C)(C)c1ccc(N2B3c4cc5c(-c6ccccc6)oc(-c6ccccc6)c5cc4N(c4ccc(C(C)(C)C)cc4-c4ccccc4)c4cc5c(oc6ccccc65)c(c43)-c3cc4c(cc32)oc2cc3c(cc24)C(C)(C)CCC3(C)C)cc1. The second kappa shape index (κ2) is 17.8. The summed E-state index contributed by atoms with van der Waals surface area (Å²) >= 11 is 0. The summed E-state index contributed by atoms with van der Waals surface area (Å²) in [7, 11) is 0. The molecule has 6 heteroatoms. The lowest BCUT2D eigenvalue weighted by Crippen LogP contribution is -2.61. The Bertz CT molecular complexity index is 4850. The maximum absolute atomic E-state index is 7.38. The maximum atomic E-state index is 7.38. The zero-order valence-electron chi connectivity index (χ0n) is 49.7. The second-order valence-corrected chi connectivity index (χ2v) is 27.5. The zero-order valence-corrected chi connectivity index (χ0v) is 49.7. The molecule has 13 aromatic rings. The van der Waals surface area contributed by atoms with E-state index in [0.29, 0.717) is 0 Å². The van der Waals surface area contributed by atoms with Gasteiger partial charge in [0.1, 0.15) is 33.9 Å². The third kappa shape index (κ3) is 7.54. The fraction of sp³-hybridized carbons (Fsp3) is 0.205. The first-order valence-corrected chi connectivity index (χ1v) is 30.0. The summed E-state index contributed by atoms with van der Waals surface area (Å²) in [6.45, 7) is 23.1. The minimum absolute atomic E-state index is 0.0161. The van der Waals surface area contributed by atoms with Crippen molar-refractivity contribution in [3.05, 3.63) is 222 Å². The van der Waals surface area contributed by atoms with Gasteiger partial charge in [0.05, 0.1) is 5.69 Å². The molecule has 0 radical (unpaired) electrons. The Labute approximate surface area is 492 Å². The lowest BCUT2D eigenvalue weighted by atomic mass is 9.43. The van der Waals surface area contributed by atoms with Gasteiger partial charge in [0.25, 0.3) is 0 Å². The molecular weight excluding hydrogens is 1020 g/mol. The van der Waals surface area contributed by atoms with E-state index in [1.807, 2.05) is 0 Å². The van der Waals surface area contributed by atoms with Gasteiger partial charge in [-0.25, -0.2) is 0 Å². The Morgan fingerprint density at radius 3 is 1.62 bits per heavy atom. The van der Waals surface area contributed by atoms with E-state index in [9.17, 15) is 0 Å². The summed E-state index contributed by atoms with van der Waals surface area (Å²) < 4.78 is 22.0. The van der Waals surface area contributed by atoms with Gasteiger partial charge in [0.15, 0.2) is 0 Å². The molecule has 5 nitrogen and oxygen atoms in total. The van der Waals surface area contributed by atoms with Crippen LogP contribution in [0.15, 0.2) is 213 Å². The average Bonchev–Trinajstić information content (AvgIpc) is 1.26. The van der Waals surface area contributed by atoms with Gasteiger partial charge in [-0.1, -0.05) is 203 Å². The Morgan fingerprint density at radius 2 is 0.964 bits per heavy atom. The van der Waals surface area contributed by atoms with E-state index in [2.05, 4.69) is 279 Å². The summed E-state index contributed by atoms with van der Waals surface area (Å²) in [4.78, 5) is 5.22. The molecule has 0 saturated carbocycles. The highest BCUT2D eigenvalue weighted by Gasteiger charge is 2.48. The normalized spacial score (nSPS) is 15.3. The standard InChI is InChI=1S/C78H67BN2O3/c1-75(2,3)49-30-33-51(34-31-49)81-64-45-69-54(55-40-60-61(44-68(55)82-69)78(9,10)37-36-77(60,7)8)39-59(64)70-71-66(43-57-52-28-20-21-29-67(52)83-74(57)70)80(63-35-32-50(76(4,5)6)38-53(63)46-22-14-11-15-23-46)65-42-58-56(41-62(65)79(71)81)72(47-24-16-12-17-25-47)84-73(58)48-26-18-13-19-27-48/h11-35,38-45H,36-37H2,1-10H3. The Kier molecular flexibility index (Phi) is 10.7. The molecule has 410 valence electrons. The van der Waals surface area contributed by atoms with Gasteiger partial charge in [0, 0.05) is 89.0 Å². The van der Waals surface area contributed by atoms with E-state index < -0.39 is 0 Å². The van der Waals surface area contributed by atoms with Crippen molar-refractivity contribution in [1.82, 2.24) is 0 Å². The largest absolute Gasteiger partial charge is 0.456 e. The van der Waals surface area contributed by atoms with E-state index in [4.69, 9.17) is 13.3 Å². The number of fused-ring (bicyclic) bond motifs is 13. The molecule has 0 saturated heterocycles. The first kappa shape index (κ1) is 50.7. The van der Waals surface area contributed by atoms with E-state index in [0.717, 1.165) is 146 Å². The molecule has 0 atom stereocenters. The first-order valence-electron chi connectivity index (χ1n) is 30.0. The molecule has 3 aromatic heterocycles. The second-order valence-electron chi connectivity index (χ2n) is 27.5. The molecule has 5 heterocycles. The molecule has 0 bridgehead atoms. The monoisotopic (exact) mass is 1090 g/mol. The molecular formula is C78H67BN2O3. The highest BCUT2D eigenvalue weighted by atomic mass is 16.3. The van der Waals surface area contributed by atoms with E-state index in [-0.39, 0.29) is 28.5 Å². The molecule has 0 amide bonds. The Balaban J connectivity index is 1.10. The molecule has 0 fully saturated rings. The smallest absolute Gasteiger partial charge is 0.333 e. The zero-order chi connectivity index (χ0) is 57.3. The van der Waals surface area contributed by atoms with Crippen LogP contribution in [0, 0.1) is 0 Å². The highest BCUT2D eigenvalue weighted by molar-refractivity contribution is 6.94. The van der Waals surface area contributed by atoms with Gasteiger partial charge in [-0.2, -0.15) is 0 Å². The molecule has 1 aliphatic carbocycles. The predicted molar refractivity (Wildman–Crippen MR) is 353 cm³/mol. The summed E-state index contributed by atoms with van der Waals surface area (Å²) in [5.74, 6) is 1.68. The molecule has 0 spiro atoms. The van der Waals surface area contributed by atoms with Crippen molar-refractivity contribution in [3.8, 4) is 44.9 Å². The van der Waals surface area contributed by atoms with Crippen molar-refractivity contribution in [3.63, 3.8) is 0 Å². The van der Waals surface area contributed by atoms with Crippen LogP contribution in [0.25, 0.3) is 99.6 Å². The third-order valence-electron chi connectivity index (χ3n) is 19.2. The number of furan rings is 3.